The van der Waals surface area contributed by atoms with Crippen molar-refractivity contribution in [2.75, 3.05) is 36.0 Å². The molecule has 0 bridgehead atoms. The first-order valence-electron chi connectivity index (χ1n) is 8.20. The minimum absolute atomic E-state index is 0.0264. The number of carbonyl (C=O) groups excluding carboxylic acids is 1. The van der Waals surface area contributed by atoms with Crippen LogP contribution >= 0.6 is 0 Å². The average molecular weight is 363 g/mol. The predicted octanol–water partition coefficient (Wildman–Crippen LogP) is 1.57. The molecule has 3 heterocycles. The molecule has 1 saturated heterocycles. The Balaban J connectivity index is 1.68. The van der Waals surface area contributed by atoms with Crippen molar-refractivity contribution in [1.82, 2.24) is 9.88 Å². The molecule has 0 spiro atoms. The molecule has 0 radical (unpaired) electrons. The van der Waals surface area contributed by atoms with Crippen molar-refractivity contribution in [2.45, 2.75) is 13.5 Å². The van der Waals surface area contributed by atoms with Crippen LogP contribution in [0.1, 0.15) is 22.8 Å². The van der Waals surface area contributed by atoms with E-state index in [0.717, 1.165) is 17.9 Å². The van der Waals surface area contributed by atoms with Gasteiger partial charge in [-0.2, -0.15) is 0 Å². The van der Waals surface area contributed by atoms with Gasteiger partial charge in [0.05, 0.1) is 29.6 Å². The Morgan fingerprint density at radius 3 is 2.60 bits per heavy atom. The van der Waals surface area contributed by atoms with Crippen LogP contribution in [0.3, 0.4) is 0 Å². The molecular formula is C17H21N3O4S. The number of aromatic nitrogens is 1. The zero-order valence-corrected chi connectivity index (χ0v) is 14.9. The molecule has 0 saturated carbocycles. The van der Waals surface area contributed by atoms with Gasteiger partial charge in [-0.05, 0) is 25.1 Å². The zero-order chi connectivity index (χ0) is 17.9. The third-order valence-corrected chi connectivity index (χ3v) is 5.89. The Kier molecular flexibility index (Phi) is 5.08. The summed E-state index contributed by atoms with van der Waals surface area (Å²) < 4.78 is 28.0. The van der Waals surface area contributed by atoms with Gasteiger partial charge in [0, 0.05) is 37.9 Å². The Labute approximate surface area is 147 Å². The van der Waals surface area contributed by atoms with E-state index < -0.39 is 9.84 Å². The summed E-state index contributed by atoms with van der Waals surface area (Å²) in [5.74, 6) is 0.658. The highest BCUT2D eigenvalue weighted by atomic mass is 32.2. The van der Waals surface area contributed by atoms with Crippen LogP contribution in [0.4, 0.5) is 5.82 Å². The fourth-order valence-corrected chi connectivity index (χ4v) is 3.96. The summed E-state index contributed by atoms with van der Waals surface area (Å²) in [6.07, 6.45) is 4.89. The molecule has 0 aromatic carbocycles. The van der Waals surface area contributed by atoms with Crippen LogP contribution in [0.15, 0.2) is 41.3 Å². The summed E-state index contributed by atoms with van der Waals surface area (Å²) in [5.41, 5.74) is 1.53. The topological polar surface area (TPSA) is 83.7 Å². The summed E-state index contributed by atoms with van der Waals surface area (Å²) in [6.45, 7) is 3.97. The van der Waals surface area contributed by atoms with Gasteiger partial charge >= 0.3 is 0 Å². The van der Waals surface area contributed by atoms with Gasteiger partial charge < -0.3 is 14.2 Å². The molecule has 3 rings (SSSR count). The monoisotopic (exact) mass is 363 g/mol. The molecule has 7 nitrogen and oxygen atoms in total. The number of sulfone groups is 1. The first kappa shape index (κ1) is 17.5. The minimum Gasteiger partial charge on any atom is -0.472 e. The molecule has 134 valence electrons. The van der Waals surface area contributed by atoms with Crippen molar-refractivity contribution in [3.8, 4) is 0 Å². The molecule has 1 fully saturated rings. The Morgan fingerprint density at radius 1 is 1.28 bits per heavy atom. The van der Waals surface area contributed by atoms with Gasteiger partial charge in [0.25, 0.3) is 5.91 Å². The average Bonchev–Trinajstić information content (AvgIpc) is 3.12. The zero-order valence-electron chi connectivity index (χ0n) is 14.1. The van der Waals surface area contributed by atoms with Gasteiger partial charge in [-0.1, -0.05) is 0 Å². The molecule has 0 unspecified atom stereocenters. The third-order valence-electron chi connectivity index (χ3n) is 4.29. The molecule has 2 aromatic heterocycles. The fraction of sp³-hybridized carbons (Fsp3) is 0.412. The number of furan rings is 1. The third kappa shape index (κ3) is 4.19. The summed E-state index contributed by atoms with van der Waals surface area (Å²) in [7, 11) is -3.00. The van der Waals surface area contributed by atoms with Crippen molar-refractivity contribution in [3.63, 3.8) is 0 Å². The number of anilines is 1. The van der Waals surface area contributed by atoms with E-state index in [4.69, 9.17) is 4.42 Å². The second-order valence-electron chi connectivity index (χ2n) is 5.99. The number of hydrogen-bond donors (Lipinski definition) is 0. The maximum Gasteiger partial charge on any atom is 0.255 e. The largest absolute Gasteiger partial charge is 0.472 e. The highest BCUT2D eigenvalue weighted by molar-refractivity contribution is 7.91. The first-order valence-corrected chi connectivity index (χ1v) is 10.0. The van der Waals surface area contributed by atoms with E-state index in [2.05, 4.69) is 9.88 Å². The van der Waals surface area contributed by atoms with E-state index in [0.29, 0.717) is 12.1 Å². The van der Waals surface area contributed by atoms with E-state index in [-0.39, 0.29) is 30.5 Å². The summed E-state index contributed by atoms with van der Waals surface area (Å²) in [6, 6.07) is 5.47. The normalized spacial score (nSPS) is 16.6. The summed E-state index contributed by atoms with van der Waals surface area (Å²) in [4.78, 5) is 20.5. The second-order valence-corrected chi connectivity index (χ2v) is 8.30. The lowest BCUT2D eigenvalue weighted by atomic mass is 10.2. The van der Waals surface area contributed by atoms with Crippen LogP contribution in [0.5, 0.6) is 0 Å². The number of carbonyl (C=O) groups is 1. The molecule has 0 aliphatic carbocycles. The Hall–Kier alpha value is -2.35. The van der Waals surface area contributed by atoms with Crippen molar-refractivity contribution >= 4 is 21.6 Å². The smallest absolute Gasteiger partial charge is 0.255 e. The molecular weight excluding hydrogens is 342 g/mol. The van der Waals surface area contributed by atoms with Gasteiger partial charge in [0.2, 0.25) is 0 Å². The van der Waals surface area contributed by atoms with Gasteiger partial charge in [-0.25, -0.2) is 13.4 Å². The molecule has 0 N–H and O–H groups in total. The highest BCUT2D eigenvalue weighted by Crippen LogP contribution is 2.17. The highest BCUT2D eigenvalue weighted by Gasteiger charge is 2.25. The lowest BCUT2D eigenvalue weighted by Gasteiger charge is -2.27. The van der Waals surface area contributed by atoms with Gasteiger partial charge in [0.15, 0.2) is 9.84 Å². The lowest BCUT2D eigenvalue weighted by Crippen LogP contribution is -2.43. The van der Waals surface area contributed by atoms with E-state index in [1.54, 1.807) is 29.7 Å². The molecule has 2 aromatic rings. The van der Waals surface area contributed by atoms with Crippen LogP contribution in [0.25, 0.3) is 0 Å². The van der Waals surface area contributed by atoms with Crippen LogP contribution in [0, 0.1) is 0 Å². The molecule has 0 atom stereocenters. The minimum atomic E-state index is -3.00. The van der Waals surface area contributed by atoms with E-state index >= 15 is 0 Å². The van der Waals surface area contributed by atoms with Crippen LogP contribution in [0.2, 0.25) is 0 Å². The van der Waals surface area contributed by atoms with Gasteiger partial charge in [-0.15, -0.1) is 0 Å². The summed E-state index contributed by atoms with van der Waals surface area (Å²) >= 11 is 0. The van der Waals surface area contributed by atoms with Gasteiger partial charge in [0.1, 0.15) is 5.82 Å². The number of rotatable bonds is 5. The summed E-state index contributed by atoms with van der Waals surface area (Å²) in [5, 5.41) is 0. The maximum atomic E-state index is 12.5. The molecule has 1 aliphatic heterocycles. The molecule has 25 heavy (non-hydrogen) atoms. The van der Waals surface area contributed by atoms with Crippen LogP contribution in [-0.2, 0) is 16.4 Å². The number of amides is 1. The number of pyridine rings is 1. The van der Waals surface area contributed by atoms with Crippen LogP contribution < -0.4 is 4.90 Å². The van der Waals surface area contributed by atoms with Crippen LogP contribution in [-0.4, -0.2) is 55.3 Å². The maximum absolute atomic E-state index is 12.5. The Bertz CT molecular complexity index is 802. The van der Waals surface area contributed by atoms with E-state index in [1.807, 2.05) is 19.1 Å². The van der Waals surface area contributed by atoms with Crippen molar-refractivity contribution in [2.24, 2.45) is 0 Å². The first-order chi connectivity index (χ1) is 12.0. The SMILES string of the molecule is CCN(Cc1ccoc1)c1ccc(C(=O)N2CCS(=O)(=O)CC2)cn1. The van der Waals surface area contributed by atoms with Gasteiger partial charge in [-0.3, -0.25) is 4.79 Å². The Morgan fingerprint density at radius 2 is 2.04 bits per heavy atom. The molecule has 1 aliphatic rings. The molecule has 1 amide bonds. The van der Waals surface area contributed by atoms with E-state index in [1.165, 1.54) is 0 Å². The van der Waals surface area contributed by atoms with Crippen molar-refractivity contribution in [1.29, 1.82) is 0 Å². The lowest BCUT2D eigenvalue weighted by molar-refractivity contribution is 0.0770. The fourth-order valence-electron chi connectivity index (χ4n) is 2.76. The number of hydrogen-bond acceptors (Lipinski definition) is 6. The number of nitrogens with zero attached hydrogens (tertiary/aromatic N) is 3. The molecule has 8 heteroatoms. The predicted molar refractivity (Wildman–Crippen MR) is 94.2 cm³/mol. The second kappa shape index (κ2) is 7.26. The van der Waals surface area contributed by atoms with Crippen molar-refractivity contribution in [3.05, 3.63) is 48.0 Å². The van der Waals surface area contributed by atoms with E-state index in [9.17, 15) is 13.2 Å². The standard InChI is InChI=1S/C17H21N3O4S/c1-2-19(12-14-5-8-24-13-14)16-4-3-15(11-18-16)17(21)20-6-9-25(22,23)10-7-20/h3-5,8,11,13H,2,6-7,9-10,12H2,1H3. The van der Waals surface area contributed by atoms with Crippen molar-refractivity contribution < 1.29 is 17.6 Å². The quantitative estimate of drug-likeness (QED) is 0.802.